The van der Waals surface area contributed by atoms with Gasteiger partial charge in [-0.1, -0.05) is 36.4 Å². The van der Waals surface area contributed by atoms with Crippen LogP contribution < -0.4 is 4.74 Å². The number of rotatable bonds is 9. The minimum atomic E-state index is -0.107. The van der Waals surface area contributed by atoms with E-state index in [1.807, 2.05) is 35.2 Å². The van der Waals surface area contributed by atoms with Crippen molar-refractivity contribution in [2.24, 2.45) is 0 Å². The average Bonchev–Trinajstić information content (AvgIpc) is 3.17. The second kappa shape index (κ2) is 10.2. The van der Waals surface area contributed by atoms with Gasteiger partial charge in [-0.2, -0.15) is 0 Å². The number of fused-ring (bicyclic) bond motifs is 3. The van der Waals surface area contributed by atoms with E-state index in [1.165, 1.54) is 16.8 Å². The fourth-order valence-electron chi connectivity index (χ4n) is 5.06. The van der Waals surface area contributed by atoms with Gasteiger partial charge in [0, 0.05) is 30.7 Å². The van der Waals surface area contributed by atoms with E-state index < -0.39 is 0 Å². The van der Waals surface area contributed by atoms with Crippen LogP contribution in [-0.4, -0.2) is 42.2 Å². The number of likely N-dealkylation sites (N-methyl/N-ethyl adjacent to an activating group) is 1. The van der Waals surface area contributed by atoms with Crippen molar-refractivity contribution in [1.82, 2.24) is 9.47 Å². The number of ether oxygens (including phenoxy) is 2. The van der Waals surface area contributed by atoms with Crippen molar-refractivity contribution in [2.45, 2.75) is 52.2 Å². The van der Waals surface area contributed by atoms with E-state index in [0.29, 0.717) is 13.2 Å². The highest BCUT2D eigenvalue weighted by Gasteiger charge is 2.34. The van der Waals surface area contributed by atoms with Crippen LogP contribution in [0.25, 0.3) is 10.9 Å². The Balaban J connectivity index is 1.67. The number of hydrogen-bond acceptors (Lipinski definition) is 3. The van der Waals surface area contributed by atoms with Gasteiger partial charge in [0.25, 0.3) is 0 Å². The van der Waals surface area contributed by atoms with Crippen LogP contribution in [0.2, 0.25) is 0 Å². The van der Waals surface area contributed by atoms with E-state index in [9.17, 15) is 4.79 Å². The minimum Gasteiger partial charge on any atom is -0.496 e. The van der Waals surface area contributed by atoms with Crippen LogP contribution in [0, 0.1) is 0 Å². The molecule has 5 heteroatoms. The molecule has 0 spiro atoms. The molecular weight excluding hydrogens is 400 g/mol. The van der Waals surface area contributed by atoms with Gasteiger partial charge >= 0.3 is 0 Å². The lowest BCUT2D eigenvalue weighted by molar-refractivity contribution is -0.132. The standard InChI is InChI=1S/C27H34N2O3/c1-4-28(5-2)27(30)21-13-9-14-22-25(21)26-23(15-10-16-24(26)31-3)29(22)17-18-32-19-20-11-7-6-8-12-20/h6-8,10-12,15-16,21H,4-5,9,13-14,17-19H2,1-3H3. The molecule has 0 saturated heterocycles. The highest BCUT2D eigenvalue weighted by molar-refractivity contribution is 5.97. The van der Waals surface area contributed by atoms with E-state index in [4.69, 9.17) is 9.47 Å². The Bertz CT molecular complexity index is 1050. The second-order valence-electron chi connectivity index (χ2n) is 8.36. The SMILES string of the molecule is CCN(CC)C(=O)C1CCCc2c1c1c(OC)cccc1n2CCOCc1ccccc1. The number of nitrogens with zero attached hydrogens (tertiary/aromatic N) is 2. The Hall–Kier alpha value is -2.79. The number of carbonyl (C=O) groups is 1. The molecule has 4 rings (SSSR count). The summed E-state index contributed by atoms with van der Waals surface area (Å²) in [4.78, 5) is 15.4. The highest BCUT2D eigenvalue weighted by atomic mass is 16.5. The van der Waals surface area contributed by atoms with E-state index in [-0.39, 0.29) is 11.8 Å². The van der Waals surface area contributed by atoms with Crippen molar-refractivity contribution in [1.29, 1.82) is 0 Å². The monoisotopic (exact) mass is 434 g/mol. The third-order valence-corrected chi connectivity index (χ3v) is 6.62. The van der Waals surface area contributed by atoms with Gasteiger partial charge in [-0.05, 0) is 56.4 Å². The summed E-state index contributed by atoms with van der Waals surface area (Å²) in [6, 6.07) is 16.4. The predicted octanol–water partition coefficient (Wildman–Crippen LogP) is 5.16. The van der Waals surface area contributed by atoms with Crippen LogP contribution in [-0.2, 0) is 29.1 Å². The maximum absolute atomic E-state index is 13.4. The third kappa shape index (κ3) is 4.26. The topological polar surface area (TPSA) is 43.7 Å². The van der Waals surface area contributed by atoms with Crippen molar-refractivity contribution in [3.63, 3.8) is 0 Å². The fraction of sp³-hybridized carbons (Fsp3) is 0.444. The van der Waals surface area contributed by atoms with Crippen LogP contribution in [0.1, 0.15) is 49.4 Å². The molecule has 2 aromatic carbocycles. The first-order valence-corrected chi connectivity index (χ1v) is 11.8. The van der Waals surface area contributed by atoms with Crippen molar-refractivity contribution >= 4 is 16.8 Å². The maximum Gasteiger partial charge on any atom is 0.230 e. The van der Waals surface area contributed by atoms with Gasteiger partial charge in [0.2, 0.25) is 5.91 Å². The van der Waals surface area contributed by atoms with Gasteiger partial charge in [-0.25, -0.2) is 0 Å². The first-order valence-electron chi connectivity index (χ1n) is 11.8. The number of methoxy groups -OCH3 is 1. The smallest absolute Gasteiger partial charge is 0.230 e. The molecule has 1 aromatic heterocycles. The maximum atomic E-state index is 13.4. The summed E-state index contributed by atoms with van der Waals surface area (Å²) in [5.41, 5.74) is 4.75. The third-order valence-electron chi connectivity index (χ3n) is 6.62. The van der Waals surface area contributed by atoms with Crippen molar-refractivity contribution in [2.75, 3.05) is 26.8 Å². The van der Waals surface area contributed by atoms with Crippen LogP contribution in [0.4, 0.5) is 0 Å². The Morgan fingerprint density at radius 1 is 1.09 bits per heavy atom. The lowest BCUT2D eigenvalue weighted by Gasteiger charge is -2.29. The molecule has 0 aliphatic heterocycles. The fourth-order valence-corrected chi connectivity index (χ4v) is 5.06. The Morgan fingerprint density at radius 2 is 1.88 bits per heavy atom. The molecule has 0 bridgehead atoms. The highest BCUT2D eigenvalue weighted by Crippen LogP contribution is 2.43. The second-order valence-corrected chi connectivity index (χ2v) is 8.36. The van der Waals surface area contributed by atoms with E-state index in [0.717, 1.165) is 55.5 Å². The molecule has 1 atom stereocenters. The summed E-state index contributed by atoms with van der Waals surface area (Å²) >= 11 is 0. The summed E-state index contributed by atoms with van der Waals surface area (Å²) < 4.78 is 14.1. The molecule has 1 amide bonds. The molecular formula is C27H34N2O3. The van der Waals surface area contributed by atoms with Gasteiger partial charge in [-0.15, -0.1) is 0 Å². The van der Waals surface area contributed by atoms with Crippen molar-refractivity contribution in [3.8, 4) is 5.75 Å². The summed E-state index contributed by atoms with van der Waals surface area (Å²) in [7, 11) is 1.71. The van der Waals surface area contributed by atoms with Gasteiger partial charge in [0.05, 0.1) is 31.8 Å². The summed E-state index contributed by atoms with van der Waals surface area (Å²) in [5, 5.41) is 1.10. The molecule has 1 aliphatic carbocycles. The number of benzene rings is 2. The summed E-state index contributed by atoms with van der Waals surface area (Å²) in [6.07, 6.45) is 2.89. The van der Waals surface area contributed by atoms with Crippen LogP contribution in [0.15, 0.2) is 48.5 Å². The van der Waals surface area contributed by atoms with Gasteiger partial charge in [-0.3, -0.25) is 4.79 Å². The van der Waals surface area contributed by atoms with Gasteiger partial charge in [0.15, 0.2) is 0 Å². The molecule has 0 N–H and O–H groups in total. The van der Waals surface area contributed by atoms with E-state index in [1.54, 1.807) is 7.11 Å². The van der Waals surface area contributed by atoms with Gasteiger partial charge in [0.1, 0.15) is 5.75 Å². The number of aromatic nitrogens is 1. The number of hydrogen-bond donors (Lipinski definition) is 0. The van der Waals surface area contributed by atoms with Crippen LogP contribution in [0.5, 0.6) is 5.75 Å². The van der Waals surface area contributed by atoms with Crippen molar-refractivity contribution in [3.05, 3.63) is 65.4 Å². The molecule has 1 heterocycles. The normalized spacial score (nSPS) is 15.5. The predicted molar refractivity (Wildman–Crippen MR) is 128 cm³/mol. The van der Waals surface area contributed by atoms with Crippen LogP contribution in [0.3, 0.4) is 0 Å². The molecule has 32 heavy (non-hydrogen) atoms. The molecule has 5 nitrogen and oxygen atoms in total. The largest absolute Gasteiger partial charge is 0.496 e. The Labute approximate surface area is 190 Å². The van der Waals surface area contributed by atoms with E-state index in [2.05, 4.69) is 36.6 Å². The molecule has 1 aliphatic rings. The van der Waals surface area contributed by atoms with Gasteiger partial charge < -0.3 is 18.9 Å². The minimum absolute atomic E-state index is 0.107. The Morgan fingerprint density at radius 3 is 2.59 bits per heavy atom. The molecule has 0 fully saturated rings. The molecule has 0 radical (unpaired) electrons. The summed E-state index contributed by atoms with van der Waals surface area (Å²) in [6.45, 7) is 7.58. The first-order chi connectivity index (χ1) is 15.7. The lowest BCUT2D eigenvalue weighted by atomic mass is 9.84. The zero-order chi connectivity index (χ0) is 22.5. The quantitative estimate of drug-likeness (QED) is 0.437. The molecule has 170 valence electrons. The summed E-state index contributed by atoms with van der Waals surface area (Å²) in [5.74, 6) is 0.979. The van der Waals surface area contributed by atoms with Crippen molar-refractivity contribution < 1.29 is 14.3 Å². The lowest BCUT2D eigenvalue weighted by Crippen LogP contribution is -2.36. The Kier molecular flexibility index (Phi) is 7.15. The zero-order valence-electron chi connectivity index (χ0n) is 19.5. The zero-order valence-corrected chi connectivity index (χ0v) is 19.5. The molecule has 3 aromatic rings. The van der Waals surface area contributed by atoms with E-state index >= 15 is 0 Å². The molecule has 1 unspecified atom stereocenters. The molecule has 0 saturated carbocycles. The number of amides is 1. The first kappa shape index (κ1) is 22.4. The average molecular weight is 435 g/mol. The number of carbonyl (C=O) groups excluding carboxylic acids is 1. The van der Waals surface area contributed by atoms with Crippen LogP contribution >= 0.6 is 0 Å².